The first-order valence-electron chi connectivity index (χ1n) is 13.2. The van der Waals surface area contributed by atoms with Crippen molar-refractivity contribution in [3.8, 4) is 5.75 Å². The number of amides is 1. The van der Waals surface area contributed by atoms with E-state index in [0.717, 1.165) is 16.3 Å². The molecule has 0 aromatic heterocycles. The minimum atomic E-state index is -4.40. The number of carbonyl (C=O) groups is 3. The Morgan fingerprint density at radius 3 is 2.08 bits per heavy atom. The smallest absolute Gasteiger partial charge is 0.414 e. The molecule has 0 spiro atoms. The Morgan fingerprint density at radius 2 is 1.57 bits per heavy atom. The molecule has 10 nitrogen and oxygen atoms in total. The molecule has 0 saturated carbocycles. The average molecular weight is 574 g/mol. The number of hydrogen-bond donors (Lipinski definition) is 1. The van der Waals surface area contributed by atoms with Gasteiger partial charge in [0.1, 0.15) is 11.4 Å². The molecule has 1 amide bonds. The fourth-order valence-electron chi connectivity index (χ4n) is 4.38. The highest BCUT2D eigenvalue weighted by atomic mass is 32.2. The average Bonchev–Trinajstić information content (AvgIpc) is 3.39. The fraction of sp³-hybridized carbons (Fsp3) is 0.483. The van der Waals surface area contributed by atoms with Crippen molar-refractivity contribution in [3.63, 3.8) is 0 Å². The summed E-state index contributed by atoms with van der Waals surface area (Å²) in [6.45, 7) is 8.95. The van der Waals surface area contributed by atoms with Gasteiger partial charge in [0.15, 0.2) is 11.3 Å². The van der Waals surface area contributed by atoms with Gasteiger partial charge in [-0.3, -0.25) is 4.79 Å². The Bertz CT molecular complexity index is 1330. The van der Waals surface area contributed by atoms with Crippen molar-refractivity contribution in [2.75, 3.05) is 24.9 Å². The zero-order valence-corrected chi connectivity index (χ0v) is 25.0. The van der Waals surface area contributed by atoms with E-state index < -0.39 is 45.7 Å². The van der Waals surface area contributed by atoms with Crippen LogP contribution in [0.1, 0.15) is 52.5 Å². The van der Waals surface area contributed by atoms with Crippen LogP contribution in [-0.2, 0) is 24.3 Å². The molecule has 2 atom stereocenters. The number of ether oxygens (including phenoxy) is 2. The first-order chi connectivity index (χ1) is 18.5. The normalized spacial score (nSPS) is 17.0. The Hall–Kier alpha value is -3.44. The second kappa shape index (κ2) is 12.0. The van der Waals surface area contributed by atoms with Crippen LogP contribution < -0.4 is 14.4 Å². The summed E-state index contributed by atoms with van der Waals surface area (Å²) < 4.78 is 40.6. The largest absolute Gasteiger partial charge is 0.458 e. The molecule has 1 fully saturated rings. The highest BCUT2D eigenvalue weighted by Crippen LogP contribution is 2.37. The van der Waals surface area contributed by atoms with Crippen LogP contribution in [0, 0.1) is 6.92 Å². The Morgan fingerprint density at radius 1 is 0.975 bits per heavy atom. The summed E-state index contributed by atoms with van der Waals surface area (Å²) >= 11 is 0. The summed E-state index contributed by atoms with van der Waals surface area (Å²) in [6, 6.07) is 11.5. The maximum atomic E-state index is 14.3. The third-order valence-electron chi connectivity index (χ3n) is 6.46. The molecule has 1 N–H and O–H groups in total. The maximum Gasteiger partial charge on any atom is 0.414 e. The molecule has 1 heterocycles. The van der Waals surface area contributed by atoms with E-state index in [9.17, 15) is 22.8 Å². The zero-order valence-electron chi connectivity index (χ0n) is 24.2. The lowest BCUT2D eigenvalue weighted by Crippen LogP contribution is -2.59. The number of anilines is 1. The molecule has 2 aromatic rings. The molecule has 11 heteroatoms. The predicted molar refractivity (Wildman–Crippen MR) is 152 cm³/mol. The van der Waals surface area contributed by atoms with Crippen molar-refractivity contribution >= 4 is 33.6 Å². The summed E-state index contributed by atoms with van der Waals surface area (Å²) in [5.74, 6) is -0.961. The Balaban J connectivity index is 2.19. The van der Waals surface area contributed by atoms with Gasteiger partial charge in [-0.15, -0.1) is 0 Å². The van der Waals surface area contributed by atoms with Crippen LogP contribution >= 0.6 is 0 Å². The number of rotatable bonds is 9. The van der Waals surface area contributed by atoms with E-state index in [-0.39, 0.29) is 22.1 Å². The molecule has 0 bridgehead atoms. The maximum absolute atomic E-state index is 14.3. The topological polar surface area (TPSA) is 122 Å². The second-order valence-corrected chi connectivity index (χ2v) is 13.2. The van der Waals surface area contributed by atoms with Crippen molar-refractivity contribution in [3.05, 3.63) is 54.1 Å². The molecule has 0 unspecified atom stereocenters. The van der Waals surface area contributed by atoms with Crippen LogP contribution in [0.3, 0.4) is 0 Å². The molecule has 0 aliphatic carbocycles. The SMILES string of the molecule is Cc1ccc(S(=O)(=O)N(c2ccc(OC(=O)N(C)C)cc2)[C@@](C)(CC(=O)[C@@H]2CCCN2)C(=O)OC(C)(C)C)cc1. The summed E-state index contributed by atoms with van der Waals surface area (Å²) in [5, 5.41) is 3.13. The van der Waals surface area contributed by atoms with Gasteiger partial charge in [-0.2, -0.15) is 0 Å². The van der Waals surface area contributed by atoms with Crippen LogP contribution in [-0.4, -0.2) is 69.0 Å². The molecular weight excluding hydrogens is 534 g/mol. The summed E-state index contributed by atoms with van der Waals surface area (Å²) in [5.41, 5.74) is -1.93. The number of sulfonamides is 1. The van der Waals surface area contributed by atoms with Crippen LogP contribution in [0.5, 0.6) is 5.75 Å². The lowest BCUT2D eigenvalue weighted by atomic mass is 9.91. The molecule has 0 radical (unpaired) electrons. The number of carbonyl (C=O) groups excluding carboxylic acids is 3. The van der Waals surface area contributed by atoms with Gasteiger partial charge in [0.2, 0.25) is 0 Å². The molecule has 3 rings (SSSR count). The van der Waals surface area contributed by atoms with Crippen molar-refractivity contribution in [2.45, 2.75) is 76.0 Å². The Kier molecular flexibility index (Phi) is 9.31. The quantitative estimate of drug-likeness (QED) is 0.446. The lowest BCUT2D eigenvalue weighted by molar-refractivity contribution is -0.161. The first-order valence-corrected chi connectivity index (χ1v) is 14.6. The number of Topliss-reactive ketones (excluding diaryl/α,β-unsaturated/α-hetero) is 1. The monoisotopic (exact) mass is 573 g/mol. The third kappa shape index (κ3) is 7.19. The van der Waals surface area contributed by atoms with Gasteiger partial charge in [0.25, 0.3) is 10.0 Å². The van der Waals surface area contributed by atoms with Crippen LogP contribution in [0.4, 0.5) is 10.5 Å². The molecule has 1 aliphatic rings. The lowest BCUT2D eigenvalue weighted by Gasteiger charge is -2.41. The predicted octanol–water partition coefficient (Wildman–Crippen LogP) is 4.06. The Labute approximate surface area is 236 Å². The molecule has 1 aliphatic heterocycles. The van der Waals surface area contributed by atoms with Gasteiger partial charge >= 0.3 is 12.1 Å². The van der Waals surface area contributed by atoms with Gasteiger partial charge in [-0.1, -0.05) is 17.7 Å². The summed E-state index contributed by atoms with van der Waals surface area (Å²) in [7, 11) is -1.33. The number of benzene rings is 2. The minimum Gasteiger partial charge on any atom is -0.458 e. The number of nitrogens with zero attached hydrogens (tertiary/aromatic N) is 2. The van der Waals surface area contributed by atoms with Gasteiger partial charge in [0, 0.05) is 20.5 Å². The zero-order chi connectivity index (χ0) is 29.9. The van der Waals surface area contributed by atoms with E-state index in [1.807, 2.05) is 6.92 Å². The molecule has 2 aromatic carbocycles. The molecule has 218 valence electrons. The summed E-state index contributed by atoms with van der Waals surface area (Å²) in [6.07, 6.45) is 0.380. The van der Waals surface area contributed by atoms with E-state index in [0.29, 0.717) is 13.0 Å². The van der Waals surface area contributed by atoms with Gasteiger partial charge in [0.05, 0.1) is 16.6 Å². The second-order valence-electron chi connectivity index (χ2n) is 11.4. The molecular formula is C29H39N3O7S. The fourth-order valence-corrected chi connectivity index (χ4v) is 6.14. The van der Waals surface area contributed by atoms with Crippen LogP contribution in [0.2, 0.25) is 0 Å². The number of nitrogens with one attached hydrogen (secondary N) is 1. The van der Waals surface area contributed by atoms with Gasteiger partial charge in [-0.25, -0.2) is 22.3 Å². The van der Waals surface area contributed by atoms with E-state index >= 15 is 0 Å². The number of hydrogen-bond acceptors (Lipinski definition) is 8. The van der Waals surface area contributed by atoms with Crippen LogP contribution in [0.15, 0.2) is 53.4 Å². The standard InChI is InChI=1S/C29H39N3O7S/c1-20-10-16-23(17-11-20)40(36,37)32(21-12-14-22(15-13-21)38-27(35)31(6)7)29(5,26(34)39-28(2,3)4)19-25(33)24-9-8-18-30-24/h10-17,24,30H,8-9,18-19H2,1-7H3/t24-,29-/m0/s1. The van der Waals surface area contributed by atoms with E-state index in [1.165, 1.54) is 62.3 Å². The molecule has 1 saturated heterocycles. The number of esters is 1. The van der Waals surface area contributed by atoms with Gasteiger partial charge in [-0.05, 0) is 90.4 Å². The van der Waals surface area contributed by atoms with E-state index in [2.05, 4.69) is 5.32 Å². The van der Waals surface area contributed by atoms with Crippen molar-refractivity contribution in [1.82, 2.24) is 10.2 Å². The third-order valence-corrected chi connectivity index (χ3v) is 8.42. The molecule has 40 heavy (non-hydrogen) atoms. The number of ketones is 1. The summed E-state index contributed by atoms with van der Waals surface area (Å²) in [4.78, 5) is 40.6. The van der Waals surface area contributed by atoms with Crippen molar-refractivity contribution in [1.29, 1.82) is 0 Å². The van der Waals surface area contributed by atoms with Crippen LogP contribution in [0.25, 0.3) is 0 Å². The number of aryl methyl sites for hydroxylation is 1. The first kappa shape index (κ1) is 31.1. The van der Waals surface area contributed by atoms with Crippen molar-refractivity contribution in [2.24, 2.45) is 0 Å². The highest BCUT2D eigenvalue weighted by molar-refractivity contribution is 7.93. The van der Waals surface area contributed by atoms with Crippen molar-refractivity contribution < 1.29 is 32.3 Å². The minimum absolute atomic E-state index is 0.0533. The van der Waals surface area contributed by atoms with E-state index in [4.69, 9.17) is 9.47 Å². The van der Waals surface area contributed by atoms with E-state index in [1.54, 1.807) is 32.9 Å². The highest BCUT2D eigenvalue weighted by Gasteiger charge is 2.51. The van der Waals surface area contributed by atoms with Gasteiger partial charge < -0.3 is 19.7 Å².